The zero-order chi connectivity index (χ0) is 21.3. The quantitative estimate of drug-likeness (QED) is 0.750. The van der Waals surface area contributed by atoms with Crippen LogP contribution in [0.4, 0.5) is 10.5 Å². The number of halogens is 1. The number of hydrogen-bond acceptors (Lipinski definition) is 4. The van der Waals surface area contributed by atoms with Gasteiger partial charge in [-0.3, -0.25) is 5.01 Å². The van der Waals surface area contributed by atoms with E-state index < -0.39 is 6.09 Å². The molecule has 0 saturated heterocycles. The number of hydrogen-bond donors (Lipinski definition) is 1. The summed E-state index contributed by atoms with van der Waals surface area (Å²) < 4.78 is 5.34. The maximum Gasteiger partial charge on any atom is 0.407 e. The lowest BCUT2D eigenvalue weighted by atomic mass is 10.1. The lowest BCUT2D eigenvalue weighted by Gasteiger charge is -2.33. The van der Waals surface area contributed by atoms with Crippen molar-refractivity contribution in [2.45, 2.75) is 26.3 Å². The molecular formula is C23H26ClN3O3. The minimum atomic E-state index is -0.847. The van der Waals surface area contributed by atoms with Crippen LogP contribution in [0.1, 0.15) is 24.0 Å². The molecule has 2 aliphatic rings. The van der Waals surface area contributed by atoms with Gasteiger partial charge in [-0.15, -0.1) is 0 Å². The molecule has 0 unspecified atom stereocenters. The number of rotatable bonds is 4. The number of ether oxygens (including phenoxy) is 1. The Morgan fingerprint density at radius 1 is 1.13 bits per heavy atom. The van der Waals surface area contributed by atoms with E-state index in [1.54, 1.807) is 7.11 Å². The summed E-state index contributed by atoms with van der Waals surface area (Å²) in [6, 6.07) is 14.0. The zero-order valence-electron chi connectivity index (χ0n) is 17.3. The molecule has 6 nitrogen and oxygen atoms in total. The molecule has 1 N–H and O–H groups in total. The summed E-state index contributed by atoms with van der Waals surface area (Å²) >= 11 is 6.12. The van der Waals surface area contributed by atoms with Crippen LogP contribution < -0.4 is 9.75 Å². The summed E-state index contributed by atoms with van der Waals surface area (Å²) in [6.07, 6.45) is 0.603. The Balaban J connectivity index is 1.64. The first-order valence-electron chi connectivity index (χ1n) is 10.1. The molecule has 0 aromatic heterocycles. The maximum atomic E-state index is 11.5. The molecule has 0 spiro atoms. The summed E-state index contributed by atoms with van der Waals surface area (Å²) in [6.45, 7) is 4.69. The van der Waals surface area contributed by atoms with Crippen molar-refractivity contribution in [2.24, 2.45) is 0 Å². The fourth-order valence-electron chi connectivity index (χ4n) is 4.22. The summed E-state index contributed by atoms with van der Waals surface area (Å²) in [5.41, 5.74) is 5.97. The number of amides is 1. The van der Waals surface area contributed by atoms with Crippen molar-refractivity contribution in [3.05, 3.63) is 69.9 Å². The van der Waals surface area contributed by atoms with Crippen molar-refractivity contribution in [2.75, 3.05) is 31.8 Å². The molecule has 0 saturated carbocycles. The first kappa shape index (κ1) is 20.6. The molecular weight excluding hydrogens is 402 g/mol. The normalized spacial score (nSPS) is 17.2. The van der Waals surface area contributed by atoms with Crippen molar-refractivity contribution in [3.8, 4) is 5.75 Å². The third kappa shape index (κ3) is 4.11. The van der Waals surface area contributed by atoms with Crippen molar-refractivity contribution < 1.29 is 14.6 Å². The monoisotopic (exact) mass is 427 g/mol. The molecule has 2 aromatic carbocycles. The SMILES string of the molecule is COc1ccc(CN2CC3=C(CCN(C(=O)O)CC3)N2c2ccc(Cl)cc2)c(C)c1. The maximum absolute atomic E-state index is 11.5. The van der Waals surface area contributed by atoms with Gasteiger partial charge in [0.15, 0.2) is 0 Å². The van der Waals surface area contributed by atoms with E-state index in [1.165, 1.54) is 27.3 Å². The van der Waals surface area contributed by atoms with Crippen LogP contribution in [0.15, 0.2) is 53.7 Å². The predicted molar refractivity (Wildman–Crippen MR) is 118 cm³/mol. The van der Waals surface area contributed by atoms with Crippen LogP contribution in [-0.4, -0.2) is 47.9 Å². The molecule has 2 aliphatic heterocycles. The molecule has 30 heavy (non-hydrogen) atoms. The Morgan fingerprint density at radius 3 is 2.53 bits per heavy atom. The third-order valence-electron chi connectivity index (χ3n) is 5.87. The molecule has 0 aliphatic carbocycles. The molecule has 2 heterocycles. The molecule has 2 aromatic rings. The van der Waals surface area contributed by atoms with E-state index in [1.807, 2.05) is 30.3 Å². The van der Waals surface area contributed by atoms with Gasteiger partial charge in [-0.2, -0.15) is 0 Å². The predicted octanol–water partition coefficient (Wildman–Crippen LogP) is 4.92. The van der Waals surface area contributed by atoms with E-state index >= 15 is 0 Å². The average molecular weight is 428 g/mol. The topological polar surface area (TPSA) is 56.3 Å². The number of aryl methyl sites for hydroxylation is 1. The molecule has 0 radical (unpaired) electrons. The number of hydrazine groups is 1. The number of benzene rings is 2. The van der Waals surface area contributed by atoms with Gasteiger partial charge in [-0.1, -0.05) is 17.7 Å². The fraction of sp³-hybridized carbons (Fsp3) is 0.348. The van der Waals surface area contributed by atoms with Crippen molar-refractivity contribution in [1.29, 1.82) is 0 Å². The number of carboxylic acid groups (broad SMARTS) is 1. The molecule has 158 valence electrons. The van der Waals surface area contributed by atoms with Crippen LogP contribution in [0, 0.1) is 6.92 Å². The van der Waals surface area contributed by atoms with E-state index in [0.29, 0.717) is 24.5 Å². The third-order valence-corrected chi connectivity index (χ3v) is 6.12. The van der Waals surface area contributed by atoms with Gasteiger partial charge < -0.3 is 14.7 Å². The summed E-state index contributed by atoms with van der Waals surface area (Å²) in [5, 5.41) is 14.7. The largest absolute Gasteiger partial charge is 0.497 e. The van der Waals surface area contributed by atoms with E-state index in [2.05, 4.69) is 29.1 Å². The first-order chi connectivity index (χ1) is 14.5. The van der Waals surface area contributed by atoms with E-state index in [-0.39, 0.29) is 0 Å². The highest BCUT2D eigenvalue weighted by Gasteiger charge is 2.33. The second-order valence-corrected chi connectivity index (χ2v) is 8.16. The van der Waals surface area contributed by atoms with E-state index in [0.717, 1.165) is 30.9 Å². The summed E-state index contributed by atoms with van der Waals surface area (Å²) in [4.78, 5) is 13.0. The minimum Gasteiger partial charge on any atom is -0.497 e. The van der Waals surface area contributed by atoms with Crippen LogP contribution in [-0.2, 0) is 6.54 Å². The standard InChI is InChI=1S/C23H26ClN3O3/c1-16-13-21(30-2)8-3-17(16)14-26-15-18-9-11-25(23(28)29)12-10-22(18)27(26)20-6-4-19(24)5-7-20/h3-8,13H,9-12,14-15H2,1-2H3,(H,28,29). The second kappa shape index (κ2) is 8.58. The van der Waals surface area contributed by atoms with Gasteiger partial charge in [0.05, 0.1) is 12.8 Å². The van der Waals surface area contributed by atoms with Crippen molar-refractivity contribution in [3.63, 3.8) is 0 Å². The fourth-order valence-corrected chi connectivity index (χ4v) is 4.35. The first-order valence-corrected chi connectivity index (χ1v) is 10.5. The number of methoxy groups -OCH3 is 1. The second-order valence-electron chi connectivity index (χ2n) is 7.72. The lowest BCUT2D eigenvalue weighted by molar-refractivity contribution is 0.146. The Bertz CT molecular complexity index is 974. The lowest BCUT2D eigenvalue weighted by Crippen LogP contribution is -2.39. The van der Waals surface area contributed by atoms with Gasteiger partial charge in [-0.05, 0) is 66.4 Å². The highest BCUT2D eigenvalue weighted by molar-refractivity contribution is 6.30. The van der Waals surface area contributed by atoms with Crippen LogP contribution in [0.25, 0.3) is 0 Å². The molecule has 0 fully saturated rings. The van der Waals surface area contributed by atoms with Gasteiger partial charge >= 0.3 is 6.09 Å². The number of anilines is 1. The van der Waals surface area contributed by atoms with Crippen molar-refractivity contribution >= 4 is 23.4 Å². The van der Waals surface area contributed by atoms with Gasteiger partial charge in [0, 0.05) is 43.3 Å². The number of carbonyl (C=O) groups is 1. The molecule has 4 rings (SSSR count). The van der Waals surface area contributed by atoms with Gasteiger partial charge in [0.1, 0.15) is 5.75 Å². The van der Waals surface area contributed by atoms with E-state index in [4.69, 9.17) is 16.3 Å². The average Bonchev–Trinajstić information content (AvgIpc) is 2.93. The molecule has 7 heteroatoms. The van der Waals surface area contributed by atoms with E-state index in [9.17, 15) is 9.90 Å². The van der Waals surface area contributed by atoms with Crippen LogP contribution in [0.5, 0.6) is 5.75 Å². The van der Waals surface area contributed by atoms with Gasteiger partial charge in [0.25, 0.3) is 0 Å². The smallest absolute Gasteiger partial charge is 0.407 e. The van der Waals surface area contributed by atoms with Crippen LogP contribution >= 0.6 is 11.6 Å². The zero-order valence-corrected chi connectivity index (χ0v) is 18.0. The molecule has 1 amide bonds. The summed E-state index contributed by atoms with van der Waals surface area (Å²) in [5.74, 6) is 0.856. The summed E-state index contributed by atoms with van der Waals surface area (Å²) in [7, 11) is 1.68. The Kier molecular flexibility index (Phi) is 5.88. The molecule has 0 atom stereocenters. The number of nitrogens with zero attached hydrogens (tertiary/aromatic N) is 3. The Morgan fingerprint density at radius 2 is 1.87 bits per heavy atom. The van der Waals surface area contributed by atoms with Gasteiger partial charge in [-0.25, -0.2) is 9.80 Å². The molecule has 0 bridgehead atoms. The minimum absolute atomic E-state index is 0.508. The Labute approximate surface area is 181 Å². The van der Waals surface area contributed by atoms with Crippen LogP contribution in [0.2, 0.25) is 5.02 Å². The van der Waals surface area contributed by atoms with Crippen molar-refractivity contribution in [1.82, 2.24) is 9.91 Å². The Hall–Kier alpha value is -2.70. The van der Waals surface area contributed by atoms with Gasteiger partial charge in [0.2, 0.25) is 0 Å². The highest BCUT2D eigenvalue weighted by Crippen LogP contribution is 2.36. The highest BCUT2D eigenvalue weighted by atomic mass is 35.5. The van der Waals surface area contributed by atoms with Crippen LogP contribution in [0.3, 0.4) is 0 Å².